The molecule has 9 heteroatoms. The molecule has 182 valence electrons. The number of benzene rings is 2. The third-order valence-corrected chi connectivity index (χ3v) is 5.62. The number of carbonyl (C=O) groups is 3. The van der Waals surface area contributed by atoms with Gasteiger partial charge in [0.15, 0.2) is 18.1 Å². The highest BCUT2D eigenvalue weighted by molar-refractivity contribution is 6.30. The molecule has 3 amide bonds. The maximum Gasteiger partial charge on any atom is 0.260 e. The van der Waals surface area contributed by atoms with Gasteiger partial charge in [0.2, 0.25) is 0 Å². The number of nitrogens with zero attached hydrogens (tertiary/aromatic N) is 1. The van der Waals surface area contributed by atoms with Crippen molar-refractivity contribution in [3.05, 3.63) is 58.6 Å². The fourth-order valence-corrected chi connectivity index (χ4v) is 3.69. The summed E-state index contributed by atoms with van der Waals surface area (Å²) in [7, 11) is 0. The highest BCUT2D eigenvalue weighted by atomic mass is 35.5. The number of amides is 3. The van der Waals surface area contributed by atoms with Gasteiger partial charge in [-0.15, -0.1) is 0 Å². The van der Waals surface area contributed by atoms with Crippen LogP contribution in [-0.4, -0.2) is 62.0 Å². The molecule has 0 unspecified atom stereocenters. The van der Waals surface area contributed by atoms with Crippen LogP contribution in [0.5, 0.6) is 11.5 Å². The molecule has 1 heterocycles. The minimum absolute atomic E-state index is 0.0513. The van der Waals surface area contributed by atoms with E-state index in [1.807, 2.05) is 11.8 Å². The van der Waals surface area contributed by atoms with Crippen LogP contribution in [0.25, 0.3) is 0 Å². The normalized spacial score (nSPS) is 13.2. The molecule has 1 aliphatic rings. The summed E-state index contributed by atoms with van der Waals surface area (Å²) in [5.41, 5.74) is 0.883. The highest BCUT2D eigenvalue weighted by Crippen LogP contribution is 2.28. The largest absolute Gasteiger partial charge is 0.490 e. The number of likely N-dealkylation sites (tertiary alicyclic amines) is 1. The maximum absolute atomic E-state index is 12.5. The molecular formula is C25H30ClN3O5. The summed E-state index contributed by atoms with van der Waals surface area (Å²) in [5, 5.41) is 6.06. The summed E-state index contributed by atoms with van der Waals surface area (Å²) in [6, 6.07) is 11.4. The van der Waals surface area contributed by atoms with E-state index in [4.69, 9.17) is 21.1 Å². The smallest absolute Gasteiger partial charge is 0.260 e. The SMILES string of the molecule is CCOc1cc(C(=O)NCCNC(=O)c2ccc(Cl)cc2)ccc1OCC(=O)N1CCCCC1. The first kappa shape index (κ1) is 25.4. The van der Waals surface area contributed by atoms with Crippen LogP contribution in [-0.2, 0) is 4.79 Å². The summed E-state index contributed by atoms with van der Waals surface area (Å²) >= 11 is 5.83. The Morgan fingerprint density at radius 1 is 0.853 bits per heavy atom. The van der Waals surface area contributed by atoms with E-state index in [1.54, 1.807) is 42.5 Å². The van der Waals surface area contributed by atoms with Crippen LogP contribution in [0.1, 0.15) is 46.9 Å². The van der Waals surface area contributed by atoms with Crippen molar-refractivity contribution in [3.8, 4) is 11.5 Å². The lowest BCUT2D eigenvalue weighted by Gasteiger charge is -2.26. The number of nitrogens with one attached hydrogen (secondary N) is 2. The first-order valence-electron chi connectivity index (χ1n) is 11.5. The first-order valence-corrected chi connectivity index (χ1v) is 11.8. The van der Waals surface area contributed by atoms with Crippen molar-refractivity contribution < 1.29 is 23.9 Å². The van der Waals surface area contributed by atoms with E-state index in [2.05, 4.69) is 10.6 Å². The molecule has 0 radical (unpaired) electrons. The minimum atomic E-state index is -0.308. The first-order chi connectivity index (χ1) is 16.5. The Bertz CT molecular complexity index is 991. The Morgan fingerprint density at radius 3 is 2.12 bits per heavy atom. The number of carbonyl (C=O) groups excluding carboxylic acids is 3. The van der Waals surface area contributed by atoms with Gasteiger partial charge in [-0.2, -0.15) is 0 Å². The van der Waals surface area contributed by atoms with Gasteiger partial charge in [0, 0.05) is 42.3 Å². The van der Waals surface area contributed by atoms with Crippen molar-refractivity contribution in [1.82, 2.24) is 15.5 Å². The molecule has 1 fully saturated rings. The lowest BCUT2D eigenvalue weighted by Crippen LogP contribution is -2.38. The van der Waals surface area contributed by atoms with Gasteiger partial charge in [0.1, 0.15) is 0 Å². The Labute approximate surface area is 204 Å². The summed E-state index contributed by atoms with van der Waals surface area (Å²) in [4.78, 5) is 38.8. The number of hydrogen-bond donors (Lipinski definition) is 2. The lowest BCUT2D eigenvalue weighted by molar-refractivity contribution is -0.134. The molecular weight excluding hydrogens is 458 g/mol. The van der Waals surface area contributed by atoms with Crippen molar-refractivity contribution in [2.45, 2.75) is 26.2 Å². The molecule has 0 saturated carbocycles. The van der Waals surface area contributed by atoms with Crippen LogP contribution in [0.2, 0.25) is 5.02 Å². The summed E-state index contributed by atoms with van der Waals surface area (Å²) in [6.07, 6.45) is 3.19. The number of halogens is 1. The fraction of sp³-hybridized carbons (Fsp3) is 0.400. The molecule has 1 saturated heterocycles. The van der Waals surface area contributed by atoms with Crippen LogP contribution < -0.4 is 20.1 Å². The Hall–Kier alpha value is -3.26. The molecule has 0 bridgehead atoms. The quantitative estimate of drug-likeness (QED) is 0.501. The van der Waals surface area contributed by atoms with E-state index in [0.717, 1.165) is 32.4 Å². The lowest BCUT2D eigenvalue weighted by atomic mass is 10.1. The maximum atomic E-state index is 12.5. The number of rotatable bonds is 10. The summed E-state index contributed by atoms with van der Waals surface area (Å²) < 4.78 is 11.3. The molecule has 8 nitrogen and oxygen atoms in total. The Kier molecular flexibility index (Phi) is 9.58. The van der Waals surface area contributed by atoms with Gasteiger partial charge >= 0.3 is 0 Å². The zero-order valence-corrected chi connectivity index (χ0v) is 20.0. The number of piperidine rings is 1. The zero-order valence-electron chi connectivity index (χ0n) is 19.3. The van der Waals surface area contributed by atoms with E-state index < -0.39 is 0 Å². The predicted octanol–water partition coefficient (Wildman–Crippen LogP) is 3.29. The second kappa shape index (κ2) is 12.8. The molecule has 1 aliphatic heterocycles. The zero-order chi connectivity index (χ0) is 24.3. The highest BCUT2D eigenvalue weighted by Gasteiger charge is 2.18. The van der Waals surface area contributed by atoms with Crippen molar-refractivity contribution in [3.63, 3.8) is 0 Å². The second-order valence-electron chi connectivity index (χ2n) is 7.84. The van der Waals surface area contributed by atoms with Gasteiger partial charge in [-0.1, -0.05) is 11.6 Å². The summed E-state index contributed by atoms with van der Waals surface area (Å²) in [5.74, 6) is 0.212. The van der Waals surface area contributed by atoms with Crippen molar-refractivity contribution in [2.24, 2.45) is 0 Å². The van der Waals surface area contributed by atoms with Gasteiger partial charge in [0.05, 0.1) is 6.61 Å². The number of hydrogen-bond acceptors (Lipinski definition) is 5. The Morgan fingerprint density at radius 2 is 1.47 bits per heavy atom. The monoisotopic (exact) mass is 487 g/mol. The van der Waals surface area contributed by atoms with Crippen molar-refractivity contribution in [2.75, 3.05) is 39.4 Å². The van der Waals surface area contributed by atoms with Crippen molar-refractivity contribution in [1.29, 1.82) is 0 Å². The predicted molar refractivity (Wildman–Crippen MR) is 130 cm³/mol. The van der Waals surface area contributed by atoms with E-state index in [1.165, 1.54) is 0 Å². The van der Waals surface area contributed by atoms with E-state index >= 15 is 0 Å². The fourth-order valence-electron chi connectivity index (χ4n) is 3.57. The molecule has 0 atom stereocenters. The summed E-state index contributed by atoms with van der Waals surface area (Å²) in [6.45, 7) is 4.20. The van der Waals surface area contributed by atoms with Crippen LogP contribution >= 0.6 is 11.6 Å². The van der Waals surface area contributed by atoms with Gasteiger partial charge < -0.3 is 25.0 Å². The molecule has 2 aromatic rings. The third kappa shape index (κ3) is 7.38. The van der Waals surface area contributed by atoms with Crippen LogP contribution in [0.4, 0.5) is 0 Å². The molecule has 0 aromatic heterocycles. The van der Waals surface area contributed by atoms with Gasteiger partial charge in [-0.05, 0) is 68.7 Å². The molecule has 2 aromatic carbocycles. The second-order valence-corrected chi connectivity index (χ2v) is 8.28. The molecule has 0 spiro atoms. The number of ether oxygens (including phenoxy) is 2. The van der Waals surface area contributed by atoms with Crippen LogP contribution in [0, 0.1) is 0 Å². The van der Waals surface area contributed by atoms with Gasteiger partial charge in [-0.3, -0.25) is 14.4 Å². The topological polar surface area (TPSA) is 97.0 Å². The average molecular weight is 488 g/mol. The van der Waals surface area contributed by atoms with Gasteiger partial charge in [0.25, 0.3) is 17.7 Å². The Balaban J connectivity index is 1.49. The molecule has 2 N–H and O–H groups in total. The standard InChI is InChI=1S/C25H30ClN3O5/c1-2-33-22-16-19(8-11-21(22)34-17-23(30)29-14-4-3-5-15-29)25(32)28-13-12-27-24(31)18-6-9-20(26)10-7-18/h6-11,16H,2-5,12-15,17H2,1H3,(H,27,31)(H,28,32). The van der Waals surface area contributed by atoms with Crippen LogP contribution in [0.3, 0.4) is 0 Å². The third-order valence-electron chi connectivity index (χ3n) is 5.37. The van der Waals surface area contributed by atoms with E-state index in [-0.39, 0.29) is 37.4 Å². The van der Waals surface area contributed by atoms with Gasteiger partial charge in [-0.25, -0.2) is 0 Å². The van der Waals surface area contributed by atoms with E-state index in [9.17, 15) is 14.4 Å². The molecule has 34 heavy (non-hydrogen) atoms. The molecule has 0 aliphatic carbocycles. The minimum Gasteiger partial charge on any atom is -0.490 e. The van der Waals surface area contributed by atoms with Crippen LogP contribution in [0.15, 0.2) is 42.5 Å². The van der Waals surface area contributed by atoms with E-state index in [0.29, 0.717) is 34.3 Å². The average Bonchev–Trinajstić information content (AvgIpc) is 2.86. The van der Waals surface area contributed by atoms with Crippen molar-refractivity contribution >= 4 is 29.3 Å². The molecule has 3 rings (SSSR count).